The van der Waals surface area contributed by atoms with E-state index < -0.39 is 4.92 Å². The molecule has 0 spiro atoms. The number of hydrogen-bond acceptors (Lipinski definition) is 4. The second-order valence-electron chi connectivity index (χ2n) is 2.89. The Morgan fingerprint density at radius 3 is 2.53 bits per heavy atom. The molecule has 0 fully saturated rings. The molecule has 0 aromatic carbocycles. The van der Waals surface area contributed by atoms with Gasteiger partial charge in [-0.3, -0.25) is 20.1 Å². The van der Waals surface area contributed by atoms with Crippen LogP contribution in [-0.4, -0.2) is 14.9 Å². The molecule has 5 heteroatoms. The molecular weight excluding hydrogens is 194 g/mol. The number of rotatable bonds is 2. The van der Waals surface area contributed by atoms with Crippen LogP contribution in [0.5, 0.6) is 0 Å². The Morgan fingerprint density at radius 1 is 1.13 bits per heavy atom. The van der Waals surface area contributed by atoms with Crippen molar-refractivity contribution in [2.24, 2.45) is 0 Å². The van der Waals surface area contributed by atoms with Gasteiger partial charge in [0.2, 0.25) is 0 Å². The zero-order chi connectivity index (χ0) is 10.7. The van der Waals surface area contributed by atoms with Crippen LogP contribution in [0.3, 0.4) is 0 Å². The Morgan fingerprint density at radius 2 is 1.87 bits per heavy atom. The van der Waals surface area contributed by atoms with E-state index in [1.54, 1.807) is 24.5 Å². The maximum absolute atomic E-state index is 10.5. The van der Waals surface area contributed by atoms with E-state index in [4.69, 9.17) is 0 Å². The van der Waals surface area contributed by atoms with Crippen molar-refractivity contribution < 1.29 is 4.92 Å². The molecule has 0 saturated heterocycles. The normalized spacial score (nSPS) is 9.87. The highest BCUT2D eigenvalue weighted by Gasteiger charge is 2.07. The Kier molecular flexibility index (Phi) is 2.37. The molecule has 0 amide bonds. The van der Waals surface area contributed by atoms with Gasteiger partial charge in [-0.15, -0.1) is 0 Å². The standard InChI is InChI=1S/C10H7N3O2/c14-13(15)9-3-6-12-10(7-9)8-1-4-11-5-2-8/h1-7H. The fourth-order valence-corrected chi connectivity index (χ4v) is 1.21. The highest BCUT2D eigenvalue weighted by molar-refractivity contribution is 5.60. The monoisotopic (exact) mass is 201 g/mol. The van der Waals surface area contributed by atoms with Gasteiger partial charge in [-0.1, -0.05) is 0 Å². The van der Waals surface area contributed by atoms with Crippen molar-refractivity contribution in [3.8, 4) is 11.3 Å². The van der Waals surface area contributed by atoms with Crippen LogP contribution in [0.4, 0.5) is 5.69 Å². The zero-order valence-electron chi connectivity index (χ0n) is 7.70. The summed E-state index contributed by atoms with van der Waals surface area (Å²) in [5, 5.41) is 10.5. The van der Waals surface area contributed by atoms with Gasteiger partial charge in [0.05, 0.1) is 10.6 Å². The molecule has 0 atom stereocenters. The van der Waals surface area contributed by atoms with Crippen molar-refractivity contribution >= 4 is 5.69 Å². The number of hydrogen-bond donors (Lipinski definition) is 0. The lowest BCUT2D eigenvalue weighted by molar-refractivity contribution is -0.384. The lowest BCUT2D eigenvalue weighted by atomic mass is 10.2. The molecule has 0 aliphatic rings. The van der Waals surface area contributed by atoms with Crippen LogP contribution in [0, 0.1) is 10.1 Å². The second-order valence-corrected chi connectivity index (χ2v) is 2.89. The van der Waals surface area contributed by atoms with E-state index in [-0.39, 0.29) is 5.69 Å². The second kappa shape index (κ2) is 3.83. The van der Waals surface area contributed by atoms with Gasteiger partial charge >= 0.3 is 0 Å². The molecule has 0 N–H and O–H groups in total. The molecule has 0 bridgehead atoms. The molecule has 0 saturated carbocycles. The summed E-state index contributed by atoms with van der Waals surface area (Å²) in [7, 11) is 0. The number of nitro groups is 1. The molecule has 0 unspecified atom stereocenters. The third-order valence-electron chi connectivity index (χ3n) is 1.93. The van der Waals surface area contributed by atoms with Crippen molar-refractivity contribution in [2.45, 2.75) is 0 Å². The molecule has 0 aliphatic heterocycles. The largest absolute Gasteiger partial charge is 0.273 e. The van der Waals surface area contributed by atoms with Crippen molar-refractivity contribution in [1.29, 1.82) is 0 Å². The average Bonchev–Trinajstić information content (AvgIpc) is 2.30. The molecule has 0 radical (unpaired) electrons. The van der Waals surface area contributed by atoms with E-state index >= 15 is 0 Å². The molecule has 2 rings (SSSR count). The zero-order valence-corrected chi connectivity index (χ0v) is 7.70. The fourth-order valence-electron chi connectivity index (χ4n) is 1.21. The van der Waals surface area contributed by atoms with Crippen LogP contribution in [0.1, 0.15) is 0 Å². The molecule has 0 aliphatic carbocycles. The minimum absolute atomic E-state index is 0.0387. The average molecular weight is 201 g/mol. The summed E-state index contributed by atoms with van der Waals surface area (Å²) >= 11 is 0. The maximum atomic E-state index is 10.5. The molecule has 15 heavy (non-hydrogen) atoms. The van der Waals surface area contributed by atoms with Crippen LogP contribution >= 0.6 is 0 Å². The van der Waals surface area contributed by atoms with E-state index in [0.29, 0.717) is 5.69 Å². The summed E-state index contributed by atoms with van der Waals surface area (Å²) in [5.41, 5.74) is 1.43. The van der Waals surface area contributed by atoms with E-state index in [2.05, 4.69) is 9.97 Å². The summed E-state index contributed by atoms with van der Waals surface area (Å²) in [5.74, 6) is 0. The summed E-state index contributed by atoms with van der Waals surface area (Å²) in [4.78, 5) is 18.0. The van der Waals surface area contributed by atoms with Crippen molar-refractivity contribution in [3.63, 3.8) is 0 Å². The summed E-state index contributed by atoms with van der Waals surface area (Å²) in [6.45, 7) is 0. The highest BCUT2D eigenvalue weighted by Crippen LogP contribution is 2.20. The first-order valence-corrected chi connectivity index (χ1v) is 4.28. The van der Waals surface area contributed by atoms with Gasteiger partial charge in [0.1, 0.15) is 0 Å². The van der Waals surface area contributed by atoms with Crippen LogP contribution in [-0.2, 0) is 0 Å². The van der Waals surface area contributed by atoms with E-state index in [0.717, 1.165) is 5.56 Å². The van der Waals surface area contributed by atoms with Gasteiger partial charge in [0.15, 0.2) is 0 Å². The predicted octanol–water partition coefficient (Wildman–Crippen LogP) is 2.05. The molecule has 2 heterocycles. The molecule has 2 aromatic rings. The molecular formula is C10H7N3O2. The third-order valence-corrected chi connectivity index (χ3v) is 1.93. The van der Waals surface area contributed by atoms with Gasteiger partial charge in [0, 0.05) is 36.3 Å². The summed E-state index contributed by atoms with van der Waals surface area (Å²) < 4.78 is 0. The maximum Gasteiger partial charge on any atom is 0.273 e. The summed E-state index contributed by atoms with van der Waals surface area (Å²) in [6.07, 6.45) is 4.67. The van der Waals surface area contributed by atoms with Crippen LogP contribution in [0.2, 0.25) is 0 Å². The number of pyridine rings is 2. The lowest BCUT2D eigenvalue weighted by Crippen LogP contribution is -1.90. The van der Waals surface area contributed by atoms with Crippen LogP contribution in [0.25, 0.3) is 11.3 Å². The number of nitrogens with zero attached hydrogens (tertiary/aromatic N) is 3. The Labute approximate surface area is 85.6 Å². The lowest BCUT2D eigenvalue weighted by Gasteiger charge is -1.98. The van der Waals surface area contributed by atoms with Crippen LogP contribution < -0.4 is 0 Å². The fraction of sp³-hybridized carbons (Fsp3) is 0. The van der Waals surface area contributed by atoms with Crippen molar-refractivity contribution in [3.05, 3.63) is 53.0 Å². The first kappa shape index (κ1) is 9.26. The van der Waals surface area contributed by atoms with E-state index in [9.17, 15) is 10.1 Å². The van der Waals surface area contributed by atoms with E-state index in [1.165, 1.54) is 18.3 Å². The van der Waals surface area contributed by atoms with Gasteiger partial charge in [-0.05, 0) is 12.1 Å². The van der Waals surface area contributed by atoms with E-state index in [1.807, 2.05) is 0 Å². The first-order valence-electron chi connectivity index (χ1n) is 4.28. The van der Waals surface area contributed by atoms with Gasteiger partial charge < -0.3 is 0 Å². The van der Waals surface area contributed by atoms with Crippen molar-refractivity contribution in [1.82, 2.24) is 9.97 Å². The minimum Gasteiger partial charge on any atom is -0.265 e. The quantitative estimate of drug-likeness (QED) is 0.550. The predicted molar refractivity (Wildman–Crippen MR) is 54.1 cm³/mol. The first-order chi connectivity index (χ1) is 7.27. The van der Waals surface area contributed by atoms with Crippen molar-refractivity contribution in [2.75, 3.05) is 0 Å². The Hall–Kier alpha value is -2.30. The summed E-state index contributed by atoms with van der Waals surface area (Å²) in [6, 6.07) is 6.32. The molecule has 2 aromatic heterocycles. The minimum atomic E-state index is -0.438. The highest BCUT2D eigenvalue weighted by atomic mass is 16.6. The van der Waals surface area contributed by atoms with Gasteiger partial charge in [-0.25, -0.2) is 0 Å². The van der Waals surface area contributed by atoms with Gasteiger partial charge in [0.25, 0.3) is 5.69 Å². The number of aromatic nitrogens is 2. The molecule has 74 valence electrons. The Balaban J connectivity index is 2.46. The Bertz CT molecular complexity index is 485. The van der Waals surface area contributed by atoms with Gasteiger partial charge in [-0.2, -0.15) is 0 Å². The third kappa shape index (κ3) is 1.96. The SMILES string of the molecule is O=[N+]([O-])c1ccnc(-c2ccncc2)c1. The molecule has 5 nitrogen and oxygen atoms in total. The van der Waals surface area contributed by atoms with Crippen LogP contribution in [0.15, 0.2) is 42.9 Å². The topological polar surface area (TPSA) is 68.9 Å². The smallest absolute Gasteiger partial charge is 0.265 e.